The molecular weight excluding hydrogens is 350 g/mol. The van der Waals surface area contributed by atoms with Gasteiger partial charge in [-0.2, -0.15) is 0 Å². The molecule has 0 aromatic heterocycles. The molecule has 1 amide bonds. The van der Waals surface area contributed by atoms with Gasteiger partial charge in [0.25, 0.3) is 10.0 Å². The van der Waals surface area contributed by atoms with Crippen molar-refractivity contribution in [2.24, 2.45) is 4.99 Å². The molecule has 1 heterocycles. The third-order valence-electron chi connectivity index (χ3n) is 4.25. The average Bonchev–Trinajstić information content (AvgIpc) is 2.85. The Labute approximate surface area is 153 Å². The first-order chi connectivity index (χ1) is 12.4. The zero-order valence-electron chi connectivity index (χ0n) is 14.7. The molecule has 0 fully saturated rings. The smallest absolute Gasteiger partial charge is 0.263 e. The van der Waals surface area contributed by atoms with Crippen molar-refractivity contribution in [3.63, 3.8) is 0 Å². The van der Waals surface area contributed by atoms with Gasteiger partial charge < -0.3 is 5.32 Å². The molecule has 2 aromatic carbocycles. The number of hydrogen-bond donors (Lipinski definition) is 2. The number of fused-ring (bicyclic) bond motifs is 1. The monoisotopic (exact) mass is 371 g/mol. The molecule has 1 aliphatic rings. The molecule has 0 saturated carbocycles. The molecule has 2 aromatic rings. The first kappa shape index (κ1) is 18.1. The number of sulfonamides is 1. The van der Waals surface area contributed by atoms with E-state index in [1.165, 1.54) is 11.6 Å². The summed E-state index contributed by atoms with van der Waals surface area (Å²) in [6.07, 6.45) is 0.193. The zero-order valence-corrected chi connectivity index (χ0v) is 15.6. The van der Waals surface area contributed by atoms with E-state index in [9.17, 15) is 13.2 Å². The maximum Gasteiger partial charge on any atom is 0.263 e. The van der Waals surface area contributed by atoms with Crippen molar-refractivity contribution >= 4 is 21.8 Å². The van der Waals surface area contributed by atoms with Crippen molar-refractivity contribution in [2.75, 3.05) is 6.54 Å². The van der Waals surface area contributed by atoms with Gasteiger partial charge in [0.05, 0.1) is 11.4 Å². The summed E-state index contributed by atoms with van der Waals surface area (Å²) < 4.78 is 26.4. The lowest BCUT2D eigenvalue weighted by Gasteiger charge is -2.08. The third-order valence-corrected chi connectivity index (χ3v) is 5.64. The van der Waals surface area contributed by atoms with Gasteiger partial charge in [0.15, 0.2) is 0 Å². The number of nitrogens with one attached hydrogen (secondary N) is 2. The minimum Gasteiger partial charge on any atom is -0.352 e. The van der Waals surface area contributed by atoms with Crippen molar-refractivity contribution in [2.45, 2.75) is 31.7 Å². The Kier molecular flexibility index (Phi) is 5.08. The van der Waals surface area contributed by atoms with Crippen LogP contribution in [0.25, 0.3) is 0 Å². The second-order valence-corrected chi connectivity index (χ2v) is 7.94. The average molecular weight is 371 g/mol. The maximum absolute atomic E-state index is 12.0. The number of nitrogens with zero attached hydrogens (tertiary/aromatic N) is 1. The van der Waals surface area contributed by atoms with Crippen LogP contribution in [0.4, 0.5) is 0 Å². The Morgan fingerprint density at radius 2 is 1.92 bits per heavy atom. The quantitative estimate of drug-likeness (QED) is 0.843. The number of amidine groups is 1. The van der Waals surface area contributed by atoms with Gasteiger partial charge in [-0.05, 0) is 37.1 Å². The number of benzene rings is 2. The summed E-state index contributed by atoms with van der Waals surface area (Å²) in [7, 11) is -3.54. The summed E-state index contributed by atoms with van der Waals surface area (Å²) in [5.41, 5.74) is 3.95. The molecule has 0 spiro atoms. The summed E-state index contributed by atoms with van der Waals surface area (Å²) in [5.74, 6) is 0.172. The number of rotatable bonds is 5. The Morgan fingerprint density at radius 3 is 2.69 bits per heavy atom. The van der Waals surface area contributed by atoms with Crippen molar-refractivity contribution < 1.29 is 13.2 Å². The summed E-state index contributed by atoms with van der Waals surface area (Å²) >= 11 is 0. The van der Waals surface area contributed by atoms with E-state index in [4.69, 9.17) is 0 Å². The lowest BCUT2D eigenvalue weighted by Crippen LogP contribution is -2.25. The largest absolute Gasteiger partial charge is 0.352 e. The van der Waals surface area contributed by atoms with Crippen LogP contribution in [-0.4, -0.2) is 26.7 Å². The second-order valence-electron chi connectivity index (χ2n) is 6.29. The van der Waals surface area contributed by atoms with Crippen LogP contribution in [-0.2, 0) is 21.4 Å². The minimum absolute atomic E-state index is 0.122. The lowest BCUT2D eigenvalue weighted by atomic mass is 10.1. The maximum atomic E-state index is 12.0. The molecule has 136 valence electrons. The zero-order chi connectivity index (χ0) is 18.7. The van der Waals surface area contributed by atoms with Gasteiger partial charge in [-0.15, -0.1) is 0 Å². The first-order valence-corrected chi connectivity index (χ1v) is 9.84. The van der Waals surface area contributed by atoms with Gasteiger partial charge in [-0.3, -0.25) is 14.5 Å². The van der Waals surface area contributed by atoms with Gasteiger partial charge in [-0.25, -0.2) is 8.42 Å². The third kappa shape index (κ3) is 3.94. The molecule has 7 heteroatoms. The van der Waals surface area contributed by atoms with E-state index in [0.29, 0.717) is 17.9 Å². The molecule has 6 nitrogen and oxygen atoms in total. The fraction of sp³-hybridized carbons (Fsp3) is 0.263. The Morgan fingerprint density at radius 1 is 1.15 bits per heavy atom. The van der Waals surface area contributed by atoms with Gasteiger partial charge in [-0.1, -0.05) is 35.9 Å². The van der Waals surface area contributed by atoms with Crippen LogP contribution in [0.1, 0.15) is 28.7 Å². The Hall–Kier alpha value is -2.67. The molecule has 0 saturated heterocycles. The Balaban J connectivity index is 1.57. The molecule has 2 N–H and O–H groups in total. The highest BCUT2D eigenvalue weighted by Gasteiger charge is 2.29. The fourth-order valence-corrected chi connectivity index (χ4v) is 4.10. The number of carbonyl (C=O) groups is 1. The summed E-state index contributed by atoms with van der Waals surface area (Å²) in [5, 5.41) is 2.87. The van der Waals surface area contributed by atoms with Crippen molar-refractivity contribution in [3.05, 3.63) is 64.7 Å². The molecule has 0 unspecified atom stereocenters. The van der Waals surface area contributed by atoms with E-state index >= 15 is 0 Å². The number of hydrogen-bond acceptors (Lipinski definition) is 4. The van der Waals surface area contributed by atoms with Gasteiger partial charge in [0.1, 0.15) is 5.84 Å². The van der Waals surface area contributed by atoms with Crippen LogP contribution in [0, 0.1) is 13.8 Å². The molecule has 3 rings (SSSR count). The van der Waals surface area contributed by atoms with E-state index in [1.54, 1.807) is 18.2 Å². The van der Waals surface area contributed by atoms with Gasteiger partial charge >= 0.3 is 0 Å². The molecule has 26 heavy (non-hydrogen) atoms. The normalized spacial score (nSPS) is 16.2. The molecule has 1 aliphatic heterocycles. The number of carbonyl (C=O) groups excluding carboxylic acids is 1. The van der Waals surface area contributed by atoms with E-state index in [0.717, 1.165) is 11.1 Å². The number of amides is 1. The summed E-state index contributed by atoms with van der Waals surface area (Å²) in [6, 6.07) is 12.8. The predicted molar refractivity (Wildman–Crippen MR) is 101 cm³/mol. The van der Waals surface area contributed by atoms with Crippen molar-refractivity contribution in [1.82, 2.24) is 10.0 Å². The fourth-order valence-electron chi connectivity index (χ4n) is 2.85. The topological polar surface area (TPSA) is 87.6 Å². The van der Waals surface area contributed by atoms with Crippen molar-refractivity contribution in [1.29, 1.82) is 0 Å². The van der Waals surface area contributed by atoms with E-state index < -0.39 is 10.0 Å². The highest BCUT2D eigenvalue weighted by molar-refractivity contribution is 7.90. The van der Waals surface area contributed by atoms with Crippen molar-refractivity contribution in [3.8, 4) is 0 Å². The summed E-state index contributed by atoms with van der Waals surface area (Å²) in [6.45, 7) is 4.73. The molecule has 0 bridgehead atoms. The molecule has 0 radical (unpaired) electrons. The van der Waals surface area contributed by atoms with Crippen LogP contribution >= 0.6 is 0 Å². The molecule has 0 atom stereocenters. The van der Waals surface area contributed by atoms with E-state index in [-0.39, 0.29) is 23.8 Å². The first-order valence-electron chi connectivity index (χ1n) is 8.36. The minimum atomic E-state index is -3.54. The Bertz CT molecular complexity index is 981. The lowest BCUT2D eigenvalue weighted by molar-refractivity contribution is -0.121. The number of aliphatic imine (C=N–C) groups is 1. The van der Waals surface area contributed by atoms with E-state index in [1.807, 2.05) is 26.0 Å². The highest BCUT2D eigenvalue weighted by Crippen LogP contribution is 2.22. The number of aryl methyl sites for hydroxylation is 2. The van der Waals surface area contributed by atoms with E-state index in [2.05, 4.69) is 21.1 Å². The van der Waals surface area contributed by atoms with Crippen LogP contribution < -0.4 is 10.0 Å². The van der Waals surface area contributed by atoms with Gasteiger partial charge in [0, 0.05) is 18.5 Å². The predicted octanol–water partition coefficient (Wildman–Crippen LogP) is 2.05. The standard InChI is InChI=1S/C19H21N3O3S/c1-13-7-8-15(14(2)11-13)12-21-18(23)9-10-20-19-16-5-3-4-6-17(16)26(24,25)22-19/h3-8,11H,9-10,12H2,1-2H3,(H,20,22)(H,21,23). The van der Waals surface area contributed by atoms with Crippen LogP contribution in [0.2, 0.25) is 0 Å². The SMILES string of the molecule is Cc1ccc(CNC(=O)CCN=C2NS(=O)(=O)c3ccccc32)c(C)c1. The molecule has 0 aliphatic carbocycles. The summed E-state index contributed by atoms with van der Waals surface area (Å²) in [4.78, 5) is 16.5. The molecular formula is C19H21N3O3S. The van der Waals surface area contributed by atoms with Gasteiger partial charge in [0.2, 0.25) is 5.91 Å². The van der Waals surface area contributed by atoms with Crippen LogP contribution in [0.3, 0.4) is 0 Å². The van der Waals surface area contributed by atoms with Crippen LogP contribution in [0.15, 0.2) is 52.4 Å². The van der Waals surface area contributed by atoms with Crippen LogP contribution in [0.5, 0.6) is 0 Å². The second kappa shape index (κ2) is 7.29. The highest BCUT2D eigenvalue weighted by atomic mass is 32.2.